The van der Waals surface area contributed by atoms with E-state index in [4.69, 9.17) is 15.2 Å². The van der Waals surface area contributed by atoms with Crippen molar-refractivity contribution in [2.45, 2.75) is 6.92 Å². The zero-order valence-electron chi connectivity index (χ0n) is 15.1. The van der Waals surface area contributed by atoms with E-state index in [-0.39, 0.29) is 5.82 Å². The van der Waals surface area contributed by atoms with Crippen molar-refractivity contribution in [2.24, 2.45) is 7.05 Å². The molecule has 1 aromatic carbocycles. The fourth-order valence-electron chi connectivity index (χ4n) is 2.97. The summed E-state index contributed by atoms with van der Waals surface area (Å²) in [5.41, 5.74) is 10.1. The second-order valence-corrected chi connectivity index (χ2v) is 5.80. The van der Waals surface area contributed by atoms with Crippen LogP contribution in [0, 0.1) is 18.3 Å². The molecule has 3 aromatic rings. The number of pyridine rings is 1. The molecule has 0 bridgehead atoms. The zero-order chi connectivity index (χ0) is 18.8. The molecular formula is C19H19N5O2. The average Bonchev–Trinajstić information content (AvgIpc) is 3.07. The van der Waals surface area contributed by atoms with Crippen molar-refractivity contribution in [1.82, 2.24) is 14.8 Å². The Morgan fingerprint density at radius 2 is 1.96 bits per heavy atom. The highest BCUT2D eigenvalue weighted by atomic mass is 16.5. The SMILES string of the molecule is COc1ccc(-c2cc(-c3cnn(C)c3)nc(N)c2C#N)c(OC)c1C. The van der Waals surface area contributed by atoms with Crippen LogP contribution in [0.1, 0.15) is 11.1 Å². The van der Waals surface area contributed by atoms with Crippen LogP contribution in [-0.4, -0.2) is 29.0 Å². The van der Waals surface area contributed by atoms with Gasteiger partial charge in [-0.25, -0.2) is 4.98 Å². The molecule has 2 aromatic heterocycles. The van der Waals surface area contributed by atoms with E-state index in [9.17, 15) is 5.26 Å². The first-order valence-corrected chi connectivity index (χ1v) is 7.91. The standard InChI is InChI=1S/C19H19N5O2/c1-11-17(25-3)6-5-13(18(11)26-4)14-7-16(12-9-22-24(2)10-12)23-19(21)15(14)8-20/h5-7,9-10H,1-4H3,(H2,21,23). The number of aromatic nitrogens is 3. The van der Waals surface area contributed by atoms with Crippen LogP contribution in [0.15, 0.2) is 30.6 Å². The van der Waals surface area contributed by atoms with Gasteiger partial charge in [-0.1, -0.05) is 0 Å². The topological polar surface area (TPSA) is 99.0 Å². The van der Waals surface area contributed by atoms with Gasteiger partial charge in [0.15, 0.2) is 0 Å². The Morgan fingerprint density at radius 3 is 2.54 bits per heavy atom. The summed E-state index contributed by atoms with van der Waals surface area (Å²) >= 11 is 0. The molecule has 26 heavy (non-hydrogen) atoms. The third-order valence-corrected chi connectivity index (χ3v) is 4.23. The van der Waals surface area contributed by atoms with Crippen LogP contribution in [-0.2, 0) is 7.05 Å². The van der Waals surface area contributed by atoms with Gasteiger partial charge in [0.05, 0.1) is 26.1 Å². The molecule has 0 unspecified atom stereocenters. The molecule has 2 N–H and O–H groups in total. The van der Waals surface area contributed by atoms with E-state index in [0.717, 1.165) is 16.7 Å². The molecule has 7 heteroatoms. The number of nitrogen functional groups attached to an aromatic ring is 1. The van der Waals surface area contributed by atoms with Crippen molar-refractivity contribution >= 4 is 5.82 Å². The maximum Gasteiger partial charge on any atom is 0.142 e. The molecule has 0 aliphatic carbocycles. The first-order chi connectivity index (χ1) is 12.5. The molecule has 2 heterocycles. The highest BCUT2D eigenvalue weighted by Crippen LogP contribution is 2.41. The first-order valence-electron chi connectivity index (χ1n) is 7.91. The minimum absolute atomic E-state index is 0.166. The Balaban J connectivity index is 2.29. The molecule has 0 saturated heterocycles. The Bertz CT molecular complexity index is 1020. The van der Waals surface area contributed by atoms with Crippen LogP contribution >= 0.6 is 0 Å². The number of rotatable bonds is 4. The lowest BCUT2D eigenvalue weighted by Crippen LogP contribution is -2.01. The van der Waals surface area contributed by atoms with Gasteiger partial charge in [0.2, 0.25) is 0 Å². The third-order valence-electron chi connectivity index (χ3n) is 4.23. The minimum atomic E-state index is 0.166. The predicted molar refractivity (Wildman–Crippen MR) is 98.8 cm³/mol. The predicted octanol–water partition coefficient (Wildman–Crippen LogP) is 2.93. The van der Waals surface area contributed by atoms with Crippen molar-refractivity contribution < 1.29 is 9.47 Å². The highest BCUT2D eigenvalue weighted by Gasteiger charge is 2.19. The van der Waals surface area contributed by atoms with E-state index >= 15 is 0 Å². The van der Waals surface area contributed by atoms with Crippen LogP contribution in [0.4, 0.5) is 5.82 Å². The monoisotopic (exact) mass is 349 g/mol. The fraction of sp³-hybridized carbons (Fsp3) is 0.211. The number of aryl methyl sites for hydroxylation is 1. The summed E-state index contributed by atoms with van der Waals surface area (Å²) in [6.07, 6.45) is 3.54. The van der Waals surface area contributed by atoms with Gasteiger partial charge in [-0.2, -0.15) is 10.4 Å². The third kappa shape index (κ3) is 2.82. The summed E-state index contributed by atoms with van der Waals surface area (Å²) in [5.74, 6) is 1.50. The Hall–Kier alpha value is -3.53. The lowest BCUT2D eigenvalue weighted by molar-refractivity contribution is 0.390. The second-order valence-electron chi connectivity index (χ2n) is 5.80. The van der Waals surface area contributed by atoms with Crippen molar-refractivity contribution in [3.8, 4) is 40.0 Å². The molecule has 0 radical (unpaired) electrons. The number of nitrogens with zero attached hydrogens (tertiary/aromatic N) is 4. The zero-order valence-corrected chi connectivity index (χ0v) is 15.1. The van der Waals surface area contributed by atoms with Crippen molar-refractivity contribution in [2.75, 3.05) is 20.0 Å². The van der Waals surface area contributed by atoms with E-state index in [1.807, 2.05) is 38.4 Å². The van der Waals surface area contributed by atoms with Crippen LogP contribution in [0.2, 0.25) is 0 Å². The molecule has 7 nitrogen and oxygen atoms in total. The lowest BCUT2D eigenvalue weighted by Gasteiger charge is -2.16. The quantitative estimate of drug-likeness (QED) is 0.777. The smallest absolute Gasteiger partial charge is 0.142 e. The van der Waals surface area contributed by atoms with Crippen LogP contribution in [0.5, 0.6) is 11.5 Å². The van der Waals surface area contributed by atoms with Crippen molar-refractivity contribution in [3.63, 3.8) is 0 Å². The summed E-state index contributed by atoms with van der Waals surface area (Å²) in [6, 6.07) is 7.68. The van der Waals surface area contributed by atoms with E-state index < -0.39 is 0 Å². The molecule has 0 saturated carbocycles. The van der Waals surface area contributed by atoms with Gasteiger partial charge < -0.3 is 15.2 Å². The minimum Gasteiger partial charge on any atom is -0.496 e. The molecule has 0 atom stereocenters. The molecule has 0 amide bonds. The Kier molecular flexibility index (Phi) is 4.50. The van der Waals surface area contributed by atoms with Gasteiger partial charge in [-0.3, -0.25) is 4.68 Å². The van der Waals surface area contributed by atoms with Gasteiger partial charge >= 0.3 is 0 Å². The normalized spacial score (nSPS) is 10.4. The van der Waals surface area contributed by atoms with Crippen molar-refractivity contribution in [1.29, 1.82) is 5.26 Å². The van der Waals surface area contributed by atoms with Crippen LogP contribution < -0.4 is 15.2 Å². The number of hydrogen-bond donors (Lipinski definition) is 1. The summed E-state index contributed by atoms with van der Waals surface area (Å²) in [5, 5.41) is 13.8. The number of nitrogens with two attached hydrogens (primary N) is 1. The fourth-order valence-corrected chi connectivity index (χ4v) is 2.97. The molecule has 132 valence electrons. The molecule has 0 fully saturated rings. The van der Waals surface area contributed by atoms with Gasteiger partial charge in [0.25, 0.3) is 0 Å². The number of anilines is 1. The van der Waals surface area contributed by atoms with Gasteiger partial charge in [0, 0.05) is 35.5 Å². The van der Waals surface area contributed by atoms with E-state index in [2.05, 4.69) is 16.2 Å². The largest absolute Gasteiger partial charge is 0.496 e. The summed E-state index contributed by atoms with van der Waals surface area (Å²) in [6.45, 7) is 1.90. The number of ether oxygens (including phenoxy) is 2. The summed E-state index contributed by atoms with van der Waals surface area (Å²) in [7, 11) is 5.02. The van der Waals surface area contributed by atoms with E-state index in [0.29, 0.717) is 28.3 Å². The van der Waals surface area contributed by atoms with Gasteiger partial charge in [-0.15, -0.1) is 0 Å². The lowest BCUT2D eigenvalue weighted by atomic mass is 9.96. The molecule has 3 rings (SSSR count). The number of hydrogen-bond acceptors (Lipinski definition) is 6. The maximum absolute atomic E-state index is 9.61. The van der Waals surface area contributed by atoms with Gasteiger partial charge in [-0.05, 0) is 25.1 Å². The maximum atomic E-state index is 9.61. The van der Waals surface area contributed by atoms with Crippen LogP contribution in [0.25, 0.3) is 22.4 Å². The summed E-state index contributed by atoms with van der Waals surface area (Å²) < 4.78 is 12.6. The van der Waals surface area contributed by atoms with Crippen molar-refractivity contribution in [3.05, 3.63) is 41.7 Å². The number of methoxy groups -OCH3 is 2. The number of nitriles is 1. The summed E-state index contributed by atoms with van der Waals surface area (Å²) in [4.78, 5) is 4.36. The first kappa shape index (κ1) is 17.3. The van der Waals surface area contributed by atoms with Gasteiger partial charge in [0.1, 0.15) is 28.9 Å². The highest BCUT2D eigenvalue weighted by molar-refractivity contribution is 5.84. The van der Waals surface area contributed by atoms with E-state index in [1.165, 1.54) is 0 Å². The molecule has 0 spiro atoms. The average molecular weight is 349 g/mol. The molecule has 0 aliphatic heterocycles. The Labute approximate surface area is 151 Å². The molecular weight excluding hydrogens is 330 g/mol. The van der Waals surface area contributed by atoms with E-state index in [1.54, 1.807) is 25.1 Å². The molecule has 0 aliphatic rings. The number of benzene rings is 1. The Morgan fingerprint density at radius 1 is 1.19 bits per heavy atom. The second kappa shape index (κ2) is 6.76. The van der Waals surface area contributed by atoms with Crippen LogP contribution in [0.3, 0.4) is 0 Å².